The maximum atomic E-state index is 13.1. The minimum absolute atomic E-state index is 0.0492. The number of ether oxygens (including phenoxy) is 2. The summed E-state index contributed by atoms with van der Waals surface area (Å²) in [6, 6.07) is 12.2. The van der Waals surface area contributed by atoms with Crippen LogP contribution in [-0.4, -0.2) is 32.2 Å². The molecular weight excluding hydrogens is 393 g/mol. The van der Waals surface area contributed by atoms with Crippen LogP contribution in [0.25, 0.3) is 5.65 Å². The molecular formula is C20H16FN5O4. The first-order valence-corrected chi connectivity index (χ1v) is 8.85. The van der Waals surface area contributed by atoms with E-state index in [1.54, 1.807) is 24.3 Å². The molecule has 10 heteroatoms. The number of halogens is 1. The summed E-state index contributed by atoms with van der Waals surface area (Å²) in [6.07, 6.45) is 2.79. The molecule has 0 bridgehead atoms. The number of nitrogens with one attached hydrogen (secondary N) is 1. The smallest absolute Gasteiger partial charge is 0.351 e. The Labute approximate surface area is 169 Å². The van der Waals surface area contributed by atoms with Gasteiger partial charge in [-0.05, 0) is 36.4 Å². The third-order valence-corrected chi connectivity index (χ3v) is 4.14. The van der Waals surface area contributed by atoms with Crippen LogP contribution >= 0.6 is 0 Å². The summed E-state index contributed by atoms with van der Waals surface area (Å²) in [6.45, 7) is -0.312. The molecule has 0 aliphatic heterocycles. The number of anilines is 1. The van der Waals surface area contributed by atoms with Crippen LogP contribution in [0.2, 0.25) is 0 Å². The number of methoxy groups -OCH3 is 1. The molecule has 0 saturated carbocycles. The van der Waals surface area contributed by atoms with E-state index in [2.05, 4.69) is 15.4 Å². The molecule has 152 valence electrons. The van der Waals surface area contributed by atoms with Gasteiger partial charge in [-0.1, -0.05) is 6.07 Å². The molecule has 1 amide bonds. The number of hydrogen-bond donors (Lipinski definition) is 1. The zero-order valence-corrected chi connectivity index (χ0v) is 15.8. The van der Waals surface area contributed by atoms with Crippen LogP contribution in [0.1, 0.15) is 0 Å². The molecule has 0 atom stereocenters. The Morgan fingerprint density at radius 3 is 2.73 bits per heavy atom. The lowest BCUT2D eigenvalue weighted by Gasteiger charge is -2.06. The molecule has 9 nitrogen and oxygen atoms in total. The lowest BCUT2D eigenvalue weighted by atomic mass is 10.3. The fraction of sp³-hybridized carbons (Fsp3) is 0.100. The SMILES string of the molecule is COc1cccc(NC(=O)Cn2nc3c(Oc4ccc(F)cc4)nccn3c2=O)c1. The van der Waals surface area contributed by atoms with Gasteiger partial charge in [0.25, 0.3) is 5.88 Å². The summed E-state index contributed by atoms with van der Waals surface area (Å²) in [5, 5.41) is 6.85. The molecule has 30 heavy (non-hydrogen) atoms. The number of benzene rings is 2. The van der Waals surface area contributed by atoms with E-state index in [1.165, 1.54) is 48.2 Å². The van der Waals surface area contributed by atoms with Gasteiger partial charge < -0.3 is 14.8 Å². The van der Waals surface area contributed by atoms with Crippen molar-refractivity contribution in [3.05, 3.63) is 77.2 Å². The number of aromatic nitrogens is 4. The summed E-state index contributed by atoms with van der Waals surface area (Å²) >= 11 is 0. The molecule has 0 aliphatic carbocycles. The van der Waals surface area contributed by atoms with Gasteiger partial charge in [-0.15, -0.1) is 5.10 Å². The summed E-state index contributed by atoms with van der Waals surface area (Å²) < 4.78 is 26.0. The zero-order valence-electron chi connectivity index (χ0n) is 15.8. The third-order valence-electron chi connectivity index (χ3n) is 4.14. The van der Waals surface area contributed by atoms with Crippen LogP contribution in [0.4, 0.5) is 10.1 Å². The average Bonchev–Trinajstić information content (AvgIpc) is 3.06. The first-order chi connectivity index (χ1) is 14.5. The second-order valence-electron chi connectivity index (χ2n) is 6.20. The standard InChI is InChI=1S/C20H16FN5O4/c1-29-16-4-2-3-14(11-16)23-17(27)12-26-20(28)25-10-9-22-19(18(25)24-26)30-15-7-5-13(21)6-8-15/h2-11H,12H2,1H3,(H,23,27). The summed E-state index contributed by atoms with van der Waals surface area (Å²) in [5.74, 6) is 0.119. The predicted molar refractivity (Wildman–Crippen MR) is 105 cm³/mol. The number of rotatable bonds is 6. The monoisotopic (exact) mass is 409 g/mol. The van der Waals surface area contributed by atoms with Gasteiger partial charge in [0.05, 0.1) is 7.11 Å². The molecule has 0 aliphatic rings. The quantitative estimate of drug-likeness (QED) is 0.525. The van der Waals surface area contributed by atoms with Gasteiger partial charge in [0.1, 0.15) is 23.9 Å². The molecule has 0 fully saturated rings. The average molecular weight is 409 g/mol. The third kappa shape index (κ3) is 3.97. The van der Waals surface area contributed by atoms with Crippen LogP contribution in [0.5, 0.6) is 17.4 Å². The Morgan fingerprint density at radius 2 is 1.97 bits per heavy atom. The minimum atomic E-state index is -0.530. The highest BCUT2D eigenvalue weighted by Gasteiger charge is 2.16. The van der Waals surface area contributed by atoms with Crippen LogP contribution in [0.3, 0.4) is 0 Å². The van der Waals surface area contributed by atoms with E-state index < -0.39 is 17.4 Å². The van der Waals surface area contributed by atoms with Crippen molar-refractivity contribution in [1.82, 2.24) is 19.2 Å². The molecule has 4 rings (SSSR count). The van der Waals surface area contributed by atoms with E-state index in [0.717, 1.165) is 4.68 Å². The highest BCUT2D eigenvalue weighted by Crippen LogP contribution is 2.22. The largest absolute Gasteiger partial charge is 0.497 e. The summed E-state index contributed by atoms with van der Waals surface area (Å²) in [4.78, 5) is 29.1. The molecule has 0 saturated heterocycles. The molecule has 2 aromatic heterocycles. The highest BCUT2D eigenvalue weighted by molar-refractivity contribution is 5.90. The fourth-order valence-electron chi connectivity index (χ4n) is 2.75. The van der Waals surface area contributed by atoms with Gasteiger partial charge in [-0.2, -0.15) is 0 Å². The van der Waals surface area contributed by atoms with Crippen LogP contribution in [-0.2, 0) is 11.3 Å². The topological polar surface area (TPSA) is 99.8 Å². The van der Waals surface area contributed by atoms with Crippen LogP contribution in [0, 0.1) is 5.82 Å². The van der Waals surface area contributed by atoms with E-state index in [-0.39, 0.29) is 18.1 Å². The molecule has 2 heterocycles. The van der Waals surface area contributed by atoms with Gasteiger partial charge in [0.15, 0.2) is 0 Å². The van der Waals surface area contributed by atoms with Crippen molar-refractivity contribution in [3.63, 3.8) is 0 Å². The summed E-state index contributed by atoms with van der Waals surface area (Å²) in [5.41, 5.74) is 0.122. The minimum Gasteiger partial charge on any atom is -0.497 e. The van der Waals surface area contributed by atoms with E-state index in [4.69, 9.17) is 9.47 Å². The van der Waals surface area contributed by atoms with Gasteiger partial charge in [-0.3, -0.25) is 4.79 Å². The number of hydrogen-bond acceptors (Lipinski definition) is 6. The van der Waals surface area contributed by atoms with Gasteiger partial charge in [0.2, 0.25) is 11.6 Å². The second kappa shape index (κ2) is 8.03. The van der Waals surface area contributed by atoms with Gasteiger partial charge in [-0.25, -0.2) is 23.3 Å². The van der Waals surface area contributed by atoms with E-state index in [9.17, 15) is 14.0 Å². The van der Waals surface area contributed by atoms with Crippen LogP contribution < -0.4 is 20.5 Å². The molecule has 1 N–H and O–H groups in total. The highest BCUT2D eigenvalue weighted by atomic mass is 19.1. The predicted octanol–water partition coefficient (Wildman–Crippen LogP) is 2.47. The van der Waals surface area contributed by atoms with Crippen molar-refractivity contribution in [3.8, 4) is 17.4 Å². The van der Waals surface area contributed by atoms with E-state index in [1.807, 2.05) is 0 Å². The van der Waals surface area contributed by atoms with E-state index >= 15 is 0 Å². The Kier molecular flexibility index (Phi) is 5.12. The maximum absolute atomic E-state index is 13.1. The van der Waals surface area contributed by atoms with Gasteiger partial charge in [0, 0.05) is 24.1 Å². The Hall–Kier alpha value is -4.21. The van der Waals surface area contributed by atoms with Crippen molar-refractivity contribution in [2.24, 2.45) is 0 Å². The molecule has 2 aromatic carbocycles. The van der Waals surface area contributed by atoms with Crippen molar-refractivity contribution in [1.29, 1.82) is 0 Å². The first kappa shape index (κ1) is 19.1. The summed E-state index contributed by atoms with van der Waals surface area (Å²) in [7, 11) is 1.52. The number of nitrogens with zero attached hydrogens (tertiary/aromatic N) is 4. The van der Waals surface area contributed by atoms with Crippen molar-refractivity contribution in [2.75, 3.05) is 12.4 Å². The van der Waals surface area contributed by atoms with Crippen molar-refractivity contribution >= 4 is 17.2 Å². The maximum Gasteiger partial charge on any atom is 0.351 e. The molecule has 0 radical (unpaired) electrons. The first-order valence-electron chi connectivity index (χ1n) is 8.85. The normalized spacial score (nSPS) is 10.7. The number of amides is 1. The van der Waals surface area contributed by atoms with Crippen LogP contribution in [0.15, 0.2) is 65.7 Å². The number of carbonyl (C=O) groups excluding carboxylic acids is 1. The van der Waals surface area contributed by atoms with Gasteiger partial charge >= 0.3 is 5.69 Å². The lowest BCUT2D eigenvalue weighted by molar-refractivity contribution is -0.117. The molecule has 0 unspecified atom stereocenters. The van der Waals surface area contributed by atoms with Crippen molar-refractivity contribution in [2.45, 2.75) is 6.54 Å². The fourth-order valence-corrected chi connectivity index (χ4v) is 2.75. The Bertz CT molecular complexity index is 1270. The Balaban J connectivity index is 1.57. The van der Waals surface area contributed by atoms with Crippen molar-refractivity contribution < 1.29 is 18.7 Å². The second-order valence-corrected chi connectivity index (χ2v) is 6.20. The Morgan fingerprint density at radius 1 is 1.17 bits per heavy atom. The zero-order chi connectivity index (χ0) is 21.1. The lowest BCUT2D eigenvalue weighted by Crippen LogP contribution is -2.28. The molecule has 4 aromatic rings. The number of carbonyl (C=O) groups is 1. The van der Waals surface area contributed by atoms with E-state index in [0.29, 0.717) is 17.2 Å². The molecule has 0 spiro atoms. The number of fused-ring (bicyclic) bond motifs is 1.